The lowest BCUT2D eigenvalue weighted by molar-refractivity contribution is 0.0726. The standard InChI is InChI=1S/C7H11BFO4P/c1-7(9)4-5(13-6(7)8)2-3-14(10,11)12/h2-3,5-6H,4H2,1H3,(H2,10,11,12)/b3-2-/t5-,6-,7-/m1/s1. The first-order chi connectivity index (χ1) is 6.21. The summed E-state index contributed by atoms with van der Waals surface area (Å²) in [5, 5.41) is 0. The van der Waals surface area contributed by atoms with Crippen molar-refractivity contribution < 1.29 is 23.5 Å². The number of rotatable bonds is 2. The summed E-state index contributed by atoms with van der Waals surface area (Å²) in [7, 11) is 1.11. The van der Waals surface area contributed by atoms with E-state index >= 15 is 0 Å². The molecule has 14 heavy (non-hydrogen) atoms. The zero-order valence-electron chi connectivity index (χ0n) is 7.63. The lowest BCUT2D eigenvalue weighted by atomic mass is 9.85. The number of halogens is 1. The lowest BCUT2D eigenvalue weighted by Crippen LogP contribution is -2.29. The summed E-state index contributed by atoms with van der Waals surface area (Å²) in [6.45, 7) is 1.29. The van der Waals surface area contributed by atoms with Crippen molar-refractivity contribution in [2.24, 2.45) is 0 Å². The third-order valence-electron chi connectivity index (χ3n) is 2.01. The first kappa shape index (κ1) is 11.9. The fourth-order valence-corrected chi connectivity index (χ4v) is 1.63. The van der Waals surface area contributed by atoms with Crippen molar-refractivity contribution in [3.05, 3.63) is 11.9 Å². The minimum absolute atomic E-state index is 0.00463. The van der Waals surface area contributed by atoms with Gasteiger partial charge in [0, 0.05) is 12.2 Å². The second-order valence-corrected chi connectivity index (χ2v) is 4.98. The zero-order chi connectivity index (χ0) is 11.0. The van der Waals surface area contributed by atoms with Gasteiger partial charge in [0.1, 0.15) is 13.5 Å². The molecule has 78 valence electrons. The van der Waals surface area contributed by atoms with E-state index in [2.05, 4.69) is 0 Å². The maximum Gasteiger partial charge on any atom is 0.348 e. The molecular weight excluding hydrogens is 209 g/mol. The van der Waals surface area contributed by atoms with Crippen LogP contribution in [0.5, 0.6) is 0 Å². The van der Waals surface area contributed by atoms with Gasteiger partial charge >= 0.3 is 7.60 Å². The van der Waals surface area contributed by atoms with Crippen molar-refractivity contribution in [3.8, 4) is 0 Å². The molecule has 4 nitrogen and oxygen atoms in total. The molecule has 0 aliphatic carbocycles. The molecule has 1 aliphatic rings. The summed E-state index contributed by atoms with van der Waals surface area (Å²) in [4.78, 5) is 17.0. The van der Waals surface area contributed by atoms with Crippen LogP contribution in [0.15, 0.2) is 11.9 Å². The zero-order valence-corrected chi connectivity index (χ0v) is 8.52. The molecule has 0 spiro atoms. The van der Waals surface area contributed by atoms with Gasteiger partial charge in [-0.15, -0.1) is 0 Å². The molecule has 1 rings (SSSR count). The molecule has 0 aromatic rings. The summed E-state index contributed by atoms with van der Waals surface area (Å²) < 4.78 is 28.8. The van der Waals surface area contributed by atoms with Crippen LogP contribution in [0.25, 0.3) is 0 Å². The van der Waals surface area contributed by atoms with E-state index in [0.29, 0.717) is 5.82 Å². The first-order valence-electron chi connectivity index (χ1n) is 4.05. The Hall–Kier alpha value is -0.155. The Bertz CT molecular complexity index is 287. The van der Waals surface area contributed by atoms with E-state index in [4.69, 9.17) is 22.4 Å². The second kappa shape index (κ2) is 3.78. The highest BCUT2D eigenvalue weighted by atomic mass is 31.2. The van der Waals surface area contributed by atoms with Gasteiger partial charge in [0.25, 0.3) is 0 Å². The van der Waals surface area contributed by atoms with Gasteiger partial charge in [0.05, 0.1) is 12.1 Å². The highest BCUT2D eigenvalue weighted by Crippen LogP contribution is 2.38. The maximum absolute atomic E-state index is 13.4. The van der Waals surface area contributed by atoms with Gasteiger partial charge in [0.2, 0.25) is 0 Å². The van der Waals surface area contributed by atoms with Gasteiger partial charge in [-0.25, -0.2) is 4.39 Å². The Kier molecular flexibility index (Phi) is 3.21. The van der Waals surface area contributed by atoms with Crippen molar-refractivity contribution in [3.63, 3.8) is 0 Å². The van der Waals surface area contributed by atoms with Crippen molar-refractivity contribution in [1.29, 1.82) is 0 Å². The third kappa shape index (κ3) is 3.21. The van der Waals surface area contributed by atoms with E-state index in [1.807, 2.05) is 0 Å². The Labute approximate surface area is 82.7 Å². The van der Waals surface area contributed by atoms with Gasteiger partial charge in [-0.1, -0.05) is 0 Å². The molecular formula is C7H11BFO4P. The van der Waals surface area contributed by atoms with Crippen LogP contribution >= 0.6 is 7.60 Å². The number of hydrogen-bond donors (Lipinski definition) is 2. The van der Waals surface area contributed by atoms with Gasteiger partial charge in [-0.2, -0.15) is 0 Å². The summed E-state index contributed by atoms with van der Waals surface area (Å²) in [6.07, 6.45) is 0.475. The van der Waals surface area contributed by atoms with Crippen LogP contribution in [0, 0.1) is 0 Å². The molecule has 7 heteroatoms. The monoisotopic (exact) mass is 220 g/mol. The Morgan fingerprint density at radius 3 is 2.64 bits per heavy atom. The second-order valence-electron chi connectivity index (χ2n) is 3.51. The van der Waals surface area contributed by atoms with Crippen LogP contribution < -0.4 is 0 Å². The fraction of sp³-hybridized carbons (Fsp3) is 0.714. The molecule has 2 radical (unpaired) electrons. The molecule has 1 fully saturated rings. The van der Waals surface area contributed by atoms with Gasteiger partial charge < -0.3 is 14.5 Å². The van der Waals surface area contributed by atoms with Crippen molar-refractivity contribution in [2.45, 2.75) is 31.1 Å². The minimum Gasteiger partial charge on any atom is -0.377 e. The van der Waals surface area contributed by atoms with Gasteiger partial charge in [0.15, 0.2) is 0 Å². The Morgan fingerprint density at radius 2 is 2.29 bits per heavy atom. The van der Waals surface area contributed by atoms with Gasteiger partial charge in [-0.3, -0.25) is 4.57 Å². The van der Waals surface area contributed by atoms with E-state index in [-0.39, 0.29) is 6.42 Å². The summed E-state index contributed by atoms with van der Waals surface area (Å²) in [6, 6.07) is -1.05. The molecule has 2 N–H and O–H groups in total. The summed E-state index contributed by atoms with van der Waals surface area (Å²) in [5.74, 6) is 0.700. The van der Waals surface area contributed by atoms with Crippen molar-refractivity contribution in [1.82, 2.24) is 0 Å². The topological polar surface area (TPSA) is 66.8 Å². The van der Waals surface area contributed by atoms with E-state index < -0.39 is 25.4 Å². The van der Waals surface area contributed by atoms with Gasteiger partial charge in [-0.05, 0) is 13.0 Å². The van der Waals surface area contributed by atoms with E-state index in [9.17, 15) is 8.96 Å². The largest absolute Gasteiger partial charge is 0.377 e. The average molecular weight is 220 g/mol. The molecule has 0 unspecified atom stereocenters. The normalized spacial score (nSPS) is 39.4. The predicted molar refractivity (Wildman–Crippen MR) is 49.7 cm³/mol. The Morgan fingerprint density at radius 1 is 1.71 bits per heavy atom. The van der Waals surface area contributed by atoms with Crippen molar-refractivity contribution >= 4 is 15.4 Å². The fourth-order valence-electron chi connectivity index (χ4n) is 1.21. The minimum atomic E-state index is -4.20. The van der Waals surface area contributed by atoms with Crippen LogP contribution in [0.2, 0.25) is 0 Å². The molecule has 0 bridgehead atoms. The smallest absolute Gasteiger partial charge is 0.348 e. The summed E-state index contributed by atoms with van der Waals surface area (Å²) in [5.41, 5.74) is -1.65. The van der Waals surface area contributed by atoms with Crippen LogP contribution in [0.1, 0.15) is 13.3 Å². The molecule has 1 saturated heterocycles. The number of ether oxygens (including phenoxy) is 1. The molecule has 3 atom stereocenters. The molecule has 1 heterocycles. The van der Waals surface area contributed by atoms with Crippen LogP contribution in [0.4, 0.5) is 4.39 Å². The number of hydrogen-bond acceptors (Lipinski definition) is 2. The highest BCUT2D eigenvalue weighted by molar-refractivity contribution is 7.55. The van der Waals surface area contributed by atoms with Crippen LogP contribution in [-0.2, 0) is 9.30 Å². The summed E-state index contributed by atoms with van der Waals surface area (Å²) >= 11 is 0. The molecule has 0 saturated carbocycles. The van der Waals surface area contributed by atoms with Crippen molar-refractivity contribution in [2.75, 3.05) is 0 Å². The molecule has 0 aromatic carbocycles. The SMILES string of the molecule is [B][C@@H]1O[C@H](/C=C\P(=O)(O)O)C[C@@]1(C)F. The first-order valence-corrected chi connectivity index (χ1v) is 5.73. The molecule has 1 aliphatic heterocycles. The highest BCUT2D eigenvalue weighted by Gasteiger charge is 2.41. The number of alkyl halides is 1. The average Bonchev–Trinajstić information content (AvgIpc) is 2.21. The Balaban J connectivity index is 2.60. The van der Waals surface area contributed by atoms with E-state index in [1.165, 1.54) is 6.92 Å². The van der Waals surface area contributed by atoms with Crippen LogP contribution in [0.3, 0.4) is 0 Å². The lowest BCUT2D eigenvalue weighted by Gasteiger charge is -2.15. The van der Waals surface area contributed by atoms with Crippen LogP contribution in [-0.4, -0.2) is 35.4 Å². The molecule has 0 aromatic heterocycles. The molecule has 0 amide bonds. The quantitative estimate of drug-likeness (QED) is 0.530. The van der Waals surface area contributed by atoms with E-state index in [0.717, 1.165) is 6.08 Å². The van der Waals surface area contributed by atoms with E-state index in [1.54, 1.807) is 0 Å². The predicted octanol–water partition coefficient (Wildman–Crippen LogP) is 0.689. The third-order valence-corrected chi connectivity index (χ3v) is 2.57. The maximum atomic E-state index is 13.4.